The van der Waals surface area contributed by atoms with Crippen molar-refractivity contribution in [3.8, 4) is 0 Å². The molecule has 0 saturated carbocycles. The van der Waals surface area contributed by atoms with Crippen LogP contribution in [0.1, 0.15) is 24.8 Å². The summed E-state index contributed by atoms with van der Waals surface area (Å²) in [6, 6.07) is 4.61. The van der Waals surface area contributed by atoms with Gasteiger partial charge in [0.2, 0.25) is 10.0 Å². The van der Waals surface area contributed by atoms with Gasteiger partial charge in [0.15, 0.2) is 0 Å². The highest BCUT2D eigenvalue weighted by Crippen LogP contribution is 2.19. The number of nitrogens with zero attached hydrogens (tertiary/aromatic N) is 1. The van der Waals surface area contributed by atoms with Gasteiger partial charge >= 0.3 is 0 Å². The lowest BCUT2D eigenvalue weighted by Crippen LogP contribution is -2.37. The summed E-state index contributed by atoms with van der Waals surface area (Å²) in [7, 11) is -3.50. The van der Waals surface area contributed by atoms with Crippen LogP contribution in [0.15, 0.2) is 23.1 Å². The lowest BCUT2D eigenvalue weighted by molar-refractivity contribution is 0.233. The van der Waals surface area contributed by atoms with E-state index in [4.69, 9.17) is 17.3 Å². The van der Waals surface area contributed by atoms with Crippen LogP contribution in [0.3, 0.4) is 0 Å². The lowest BCUT2D eigenvalue weighted by Gasteiger charge is -2.26. The molecule has 1 saturated heterocycles. The number of likely N-dealkylation sites (tertiary alicyclic amines) is 1. The standard InChI is InChI=1S/C14H22ClN3O2S/c15-14-5-4-13(10-12(14)11-16)21(19,20)17-6-9-18-7-2-1-3-8-18/h4-5,10,17H,1-3,6-9,11,16H2. The Bertz CT molecular complexity index is 572. The number of sulfonamides is 1. The van der Waals surface area contributed by atoms with Gasteiger partial charge in [-0.3, -0.25) is 0 Å². The van der Waals surface area contributed by atoms with E-state index in [1.165, 1.54) is 31.4 Å². The van der Waals surface area contributed by atoms with E-state index in [-0.39, 0.29) is 11.4 Å². The molecule has 0 spiro atoms. The number of piperidine rings is 1. The van der Waals surface area contributed by atoms with Crippen molar-refractivity contribution in [2.24, 2.45) is 5.73 Å². The monoisotopic (exact) mass is 331 g/mol. The smallest absolute Gasteiger partial charge is 0.240 e. The van der Waals surface area contributed by atoms with Crippen molar-refractivity contribution in [2.45, 2.75) is 30.7 Å². The average Bonchev–Trinajstić information content (AvgIpc) is 2.48. The molecule has 21 heavy (non-hydrogen) atoms. The van der Waals surface area contributed by atoms with E-state index in [1.807, 2.05) is 0 Å². The highest BCUT2D eigenvalue weighted by Gasteiger charge is 2.16. The van der Waals surface area contributed by atoms with Crippen LogP contribution in [0, 0.1) is 0 Å². The Morgan fingerprint density at radius 2 is 1.95 bits per heavy atom. The van der Waals surface area contributed by atoms with Crippen molar-refractivity contribution in [3.05, 3.63) is 28.8 Å². The summed E-state index contributed by atoms with van der Waals surface area (Å²) in [5, 5.41) is 0.491. The molecule has 0 radical (unpaired) electrons. The lowest BCUT2D eigenvalue weighted by atomic mass is 10.1. The minimum absolute atomic E-state index is 0.214. The number of halogens is 1. The summed E-state index contributed by atoms with van der Waals surface area (Å²) in [5.74, 6) is 0. The summed E-state index contributed by atoms with van der Waals surface area (Å²) in [5.41, 5.74) is 6.19. The summed E-state index contributed by atoms with van der Waals surface area (Å²) in [4.78, 5) is 2.50. The SMILES string of the molecule is NCc1cc(S(=O)(=O)NCCN2CCCCC2)ccc1Cl. The predicted molar refractivity (Wildman–Crippen MR) is 84.8 cm³/mol. The van der Waals surface area contributed by atoms with Crippen LogP contribution in [0.5, 0.6) is 0 Å². The Labute approximate surface area is 131 Å². The molecule has 1 heterocycles. The fourth-order valence-electron chi connectivity index (χ4n) is 2.48. The van der Waals surface area contributed by atoms with Crippen LogP contribution in [-0.4, -0.2) is 39.5 Å². The first kappa shape index (κ1) is 16.7. The van der Waals surface area contributed by atoms with Crippen LogP contribution in [0.2, 0.25) is 5.02 Å². The van der Waals surface area contributed by atoms with Gasteiger partial charge in [-0.15, -0.1) is 0 Å². The van der Waals surface area contributed by atoms with Gasteiger partial charge in [-0.1, -0.05) is 18.0 Å². The largest absolute Gasteiger partial charge is 0.326 e. The number of hydrogen-bond donors (Lipinski definition) is 2. The fraction of sp³-hybridized carbons (Fsp3) is 0.571. The highest BCUT2D eigenvalue weighted by molar-refractivity contribution is 7.89. The van der Waals surface area contributed by atoms with Crippen molar-refractivity contribution in [1.82, 2.24) is 9.62 Å². The second-order valence-corrected chi connectivity index (χ2v) is 7.43. The molecule has 0 amide bonds. The quantitative estimate of drug-likeness (QED) is 0.829. The van der Waals surface area contributed by atoms with Crippen molar-refractivity contribution >= 4 is 21.6 Å². The molecule has 1 aliphatic rings. The summed E-state index contributed by atoms with van der Waals surface area (Å²) < 4.78 is 27.1. The van der Waals surface area contributed by atoms with Crippen molar-refractivity contribution < 1.29 is 8.42 Å². The highest BCUT2D eigenvalue weighted by atomic mass is 35.5. The number of nitrogens with one attached hydrogen (secondary N) is 1. The first-order chi connectivity index (χ1) is 10.0. The number of rotatable bonds is 6. The molecular weight excluding hydrogens is 310 g/mol. The van der Waals surface area contributed by atoms with Gasteiger partial charge in [0.25, 0.3) is 0 Å². The minimum Gasteiger partial charge on any atom is -0.326 e. The van der Waals surface area contributed by atoms with Gasteiger partial charge in [-0.05, 0) is 49.7 Å². The topological polar surface area (TPSA) is 75.4 Å². The Kier molecular flexibility index (Phi) is 6.01. The zero-order valence-electron chi connectivity index (χ0n) is 12.0. The third-order valence-corrected chi connectivity index (χ3v) is 5.54. The van der Waals surface area contributed by atoms with Crippen LogP contribution in [0.25, 0.3) is 0 Å². The Hall–Kier alpha value is -0.660. The molecule has 7 heteroatoms. The van der Waals surface area contributed by atoms with Gasteiger partial charge in [0, 0.05) is 24.7 Å². The van der Waals surface area contributed by atoms with E-state index in [0.717, 1.165) is 19.6 Å². The number of nitrogens with two attached hydrogens (primary N) is 1. The first-order valence-electron chi connectivity index (χ1n) is 7.23. The zero-order chi connectivity index (χ0) is 15.3. The molecule has 0 aliphatic carbocycles. The molecule has 1 aliphatic heterocycles. The molecule has 5 nitrogen and oxygen atoms in total. The molecule has 1 aromatic rings. The number of hydrogen-bond acceptors (Lipinski definition) is 4. The van der Waals surface area contributed by atoms with Crippen LogP contribution < -0.4 is 10.5 Å². The van der Waals surface area contributed by atoms with Gasteiger partial charge < -0.3 is 10.6 Å². The van der Waals surface area contributed by atoms with E-state index in [0.29, 0.717) is 17.1 Å². The van der Waals surface area contributed by atoms with Gasteiger partial charge in [0.1, 0.15) is 0 Å². The zero-order valence-corrected chi connectivity index (χ0v) is 13.6. The Balaban J connectivity index is 1.94. The second-order valence-electron chi connectivity index (χ2n) is 5.26. The van der Waals surface area contributed by atoms with Gasteiger partial charge in [-0.2, -0.15) is 0 Å². The van der Waals surface area contributed by atoms with E-state index >= 15 is 0 Å². The molecular formula is C14H22ClN3O2S. The fourth-order valence-corrected chi connectivity index (χ4v) is 3.75. The van der Waals surface area contributed by atoms with Crippen LogP contribution in [0.4, 0.5) is 0 Å². The molecule has 0 aromatic heterocycles. The van der Waals surface area contributed by atoms with Crippen molar-refractivity contribution in [2.75, 3.05) is 26.2 Å². The average molecular weight is 332 g/mol. The Morgan fingerprint density at radius 1 is 1.24 bits per heavy atom. The van der Waals surface area contributed by atoms with Gasteiger partial charge in [-0.25, -0.2) is 13.1 Å². The predicted octanol–water partition coefficient (Wildman–Crippen LogP) is 1.56. The third-order valence-electron chi connectivity index (χ3n) is 3.72. The first-order valence-corrected chi connectivity index (χ1v) is 9.09. The Morgan fingerprint density at radius 3 is 2.62 bits per heavy atom. The van der Waals surface area contributed by atoms with Crippen LogP contribution >= 0.6 is 11.6 Å². The molecule has 0 atom stereocenters. The number of benzene rings is 1. The molecule has 0 bridgehead atoms. The van der Waals surface area contributed by atoms with Crippen molar-refractivity contribution in [1.29, 1.82) is 0 Å². The maximum atomic E-state index is 12.2. The van der Waals surface area contributed by atoms with E-state index in [9.17, 15) is 8.42 Å². The minimum atomic E-state index is -3.50. The third kappa shape index (κ3) is 4.66. The molecule has 1 aromatic carbocycles. The second kappa shape index (κ2) is 7.56. The van der Waals surface area contributed by atoms with E-state index in [1.54, 1.807) is 6.07 Å². The molecule has 0 unspecified atom stereocenters. The molecule has 2 rings (SSSR count). The maximum absolute atomic E-state index is 12.2. The molecule has 118 valence electrons. The maximum Gasteiger partial charge on any atom is 0.240 e. The molecule has 3 N–H and O–H groups in total. The van der Waals surface area contributed by atoms with E-state index in [2.05, 4.69) is 9.62 Å². The normalized spacial score (nSPS) is 17.0. The van der Waals surface area contributed by atoms with Gasteiger partial charge in [0.05, 0.1) is 4.90 Å². The van der Waals surface area contributed by atoms with E-state index < -0.39 is 10.0 Å². The summed E-state index contributed by atoms with van der Waals surface area (Å²) in [6.07, 6.45) is 3.67. The summed E-state index contributed by atoms with van der Waals surface area (Å²) >= 11 is 5.95. The summed E-state index contributed by atoms with van der Waals surface area (Å²) in [6.45, 7) is 3.50. The van der Waals surface area contributed by atoms with Crippen molar-refractivity contribution in [3.63, 3.8) is 0 Å². The molecule has 1 fully saturated rings. The van der Waals surface area contributed by atoms with Crippen LogP contribution in [-0.2, 0) is 16.6 Å².